The molecule has 0 aliphatic carbocycles. The fraction of sp³-hybridized carbons (Fsp3) is 0.857. The number of aliphatic hydroxyl groups excluding tert-OH is 2. The summed E-state index contributed by atoms with van der Waals surface area (Å²) in [4.78, 5) is 0. The Morgan fingerprint density at radius 1 is 1.16 bits per heavy atom. The zero-order chi connectivity index (χ0) is 27.8. The minimum absolute atomic E-state index is 0.0291. The fourth-order valence-electron chi connectivity index (χ4n) is 6.33. The van der Waals surface area contributed by atoms with E-state index in [1.54, 1.807) is 7.11 Å². The van der Waals surface area contributed by atoms with Crippen molar-refractivity contribution in [1.29, 1.82) is 0 Å². The number of aliphatic hydroxyl groups is 2. The predicted octanol–water partition coefficient (Wildman–Crippen LogP) is 2.58. The Kier molecular flexibility index (Phi) is 9.28. The van der Waals surface area contributed by atoms with E-state index in [4.69, 9.17) is 33.2 Å². The summed E-state index contributed by atoms with van der Waals surface area (Å²) in [5, 5.41) is 24.6. The Balaban J connectivity index is 1.50. The molecule has 4 saturated heterocycles. The van der Waals surface area contributed by atoms with E-state index in [0.717, 1.165) is 18.4 Å². The first kappa shape index (κ1) is 29.9. The normalized spacial score (nSPS) is 44.2. The molecular formula is C28H47NO9. The first-order valence-electron chi connectivity index (χ1n) is 13.7. The Hall–Kier alpha value is -1.08. The summed E-state index contributed by atoms with van der Waals surface area (Å²) in [6.07, 6.45) is -1.08. The van der Waals surface area contributed by atoms with Crippen LogP contribution in [0.5, 0.6) is 0 Å². The van der Waals surface area contributed by atoms with Crippen LogP contribution in [0.1, 0.15) is 59.8 Å². The van der Waals surface area contributed by atoms with Crippen LogP contribution in [0.3, 0.4) is 0 Å². The van der Waals surface area contributed by atoms with Crippen LogP contribution >= 0.6 is 0 Å². The van der Waals surface area contributed by atoms with Crippen molar-refractivity contribution in [3.8, 4) is 0 Å². The second kappa shape index (κ2) is 11.8. The van der Waals surface area contributed by atoms with Crippen LogP contribution in [-0.4, -0.2) is 92.3 Å². The van der Waals surface area contributed by atoms with Gasteiger partial charge in [0.2, 0.25) is 5.79 Å². The number of hydrogen-bond acceptors (Lipinski definition) is 10. The van der Waals surface area contributed by atoms with Crippen LogP contribution in [0.4, 0.5) is 0 Å². The topological polar surface area (TPSA) is 117 Å². The van der Waals surface area contributed by atoms with E-state index >= 15 is 0 Å². The maximum absolute atomic E-state index is 11.4. The van der Waals surface area contributed by atoms with E-state index in [9.17, 15) is 10.2 Å². The lowest BCUT2D eigenvalue weighted by Crippen LogP contribution is -2.68. The van der Waals surface area contributed by atoms with Crippen LogP contribution in [0.15, 0.2) is 24.4 Å². The molecule has 4 fully saturated rings. The minimum atomic E-state index is -1.32. The highest BCUT2D eigenvalue weighted by Crippen LogP contribution is 2.45. The standard InChI is InChI=1S/C28H47NO9/c1-15-13-28(33-8,38-18(4)16(15)2)24(31)17(3)29-26-23-22(34-14-35-26)25(32-7)27(5,6)20(37-23)12-19-10-9-11-21(30)36-19/h16,18-26,29-31H,1,3,9-14H2,2,4-8H3/t16-,18-,19-,20-,21?,22+,23+,24-,25-,26+,28-/m1/s1. The Labute approximate surface area is 226 Å². The first-order chi connectivity index (χ1) is 17.9. The third kappa shape index (κ3) is 5.70. The molecule has 0 aromatic heterocycles. The van der Waals surface area contributed by atoms with Crippen molar-refractivity contribution >= 4 is 0 Å². The van der Waals surface area contributed by atoms with E-state index in [0.29, 0.717) is 19.3 Å². The third-order valence-electron chi connectivity index (χ3n) is 9.00. The van der Waals surface area contributed by atoms with Gasteiger partial charge in [-0.25, -0.2) is 0 Å². The minimum Gasteiger partial charge on any atom is -0.381 e. The molecule has 10 nitrogen and oxygen atoms in total. The van der Waals surface area contributed by atoms with Gasteiger partial charge in [-0.3, -0.25) is 0 Å². The van der Waals surface area contributed by atoms with Gasteiger partial charge in [-0.2, -0.15) is 0 Å². The average Bonchev–Trinajstić information content (AvgIpc) is 2.87. The third-order valence-corrected chi connectivity index (χ3v) is 9.00. The molecule has 4 aliphatic rings. The van der Waals surface area contributed by atoms with E-state index in [-0.39, 0.29) is 42.8 Å². The van der Waals surface area contributed by atoms with Crippen molar-refractivity contribution in [3.63, 3.8) is 0 Å². The van der Waals surface area contributed by atoms with Crippen LogP contribution in [0.25, 0.3) is 0 Å². The molecule has 0 aromatic carbocycles. The molecule has 0 aromatic rings. The molecular weight excluding hydrogens is 494 g/mol. The van der Waals surface area contributed by atoms with Crippen molar-refractivity contribution in [3.05, 3.63) is 24.4 Å². The van der Waals surface area contributed by atoms with Gasteiger partial charge in [0, 0.05) is 44.1 Å². The molecule has 218 valence electrons. The lowest BCUT2D eigenvalue weighted by molar-refractivity contribution is -0.334. The summed E-state index contributed by atoms with van der Waals surface area (Å²) >= 11 is 0. The number of rotatable bonds is 8. The molecule has 11 atom stereocenters. The van der Waals surface area contributed by atoms with E-state index in [1.165, 1.54) is 7.11 Å². The Morgan fingerprint density at radius 3 is 2.53 bits per heavy atom. The summed E-state index contributed by atoms with van der Waals surface area (Å²) in [6, 6.07) is 0. The van der Waals surface area contributed by atoms with Crippen LogP contribution < -0.4 is 5.32 Å². The van der Waals surface area contributed by atoms with Gasteiger partial charge in [0.25, 0.3) is 0 Å². The lowest BCUT2D eigenvalue weighted by Gasteiger charge is -2.55. The Bertz CT molecular complexity index is 852. The number of hydrogen-bond donors (Lipinski definition) is 3. The van der Waals surface area contributed by atoms with Gasteiger partial charge in [-0.15, -0.1) is 0 Å². The maximum atomic E-state index is 11.4. The summed E-state index contributed by atoms with van der Waals surface area (Å²) in [5.74, 6) is -1.17. The highest BCUT2D eigenvalue weighted by molar-refractivity contribution is 5.16. The maximum Gasteiger partial charge on any atom is 0.204 e. The van der Waals surface area contributed by atoms with Crippen molar-refractivity contribution in [2.24, 2.45) is 11.3 Å². The second-order valence-electron chi connectivity index (χ2n) is 11.8. The average molecular weight is 542 g/mol. The molecule has 0 spiro atoms. The summed E-state index contributed by atoms with van der Waals surface area (Å²) in [6.45, 7) is 16.5. The number of ether oxygens (including phenoxy) is 7. The number of fused-ring (bicyclic) bond motifs is 1. The van der Waals surface area contributed by atoms with Gasteiger partial charge in [-0.05, 0) is 26.2 Å². The number of nitrogens with one attached hydrogen (secondary N) is 1. The molecule has 0 radical (unpaired) electrons. The van der Waals surface area contributed by atoms with Crippen LogP contribution in [0, 0.1) is 11.3 Å². The smallest absolute Gasteiger partial charge is 0.204 e. The van der Waals surface area contributed by atoms with Gasteiger partial charge in [0.15, 0.2) is 12.5 Å². The molecule has 0 saturated carbocycles. The van der Waals surface area contributed by atoms with Crippen molar-refractivity contribution in [2.45, 2.75) is 121 Å². The SMILES string of the molecule is C=C1C[C@](OC)([C@H](O)C(=C)N[C@H]2OCO[C@H]3[C@@H]2O[C@H](C[C@H]2CCCC(O)O2)C(C)(C)[C@@H]3OC)O[C@H](C)[C@@H]1C. The zero-order valence-corrected chi connectivity index (χ0v) is 23.7. The summed E-state index contributed by atoms with van der Waals surface area (Å²) in [5.41, 5.74) is 0.826. The fourth-order valence-corrected chi connectivity index (χ4v) is 6.33. The largest absolute Gasteiger partial charge is 0.381 e. The molecule has 4 heterocycles. The van der Waals surface area contributed by atoms with Gasteiger partial charge >= 0.3 is 0 Å². The highest BCUT2D eigenvalue weighted by atomic mass is 16.7. The van der Waals surface area contributed by atoms with Crippen LogP contribution in [-0.2, 0) is 33.2 Å². The van der Waals surface area contributed by atoms with Crippen LogP contribution in [0.2, 0.25) is 0 Å². The molecule has 4 rings (SSSR count). The molecule has 10 heteroatoms. The molecule has 3 N–H and O–H groups in total. The molecule has 4 aliphatic heterocycles. The quantitative estimate of drug-likeness (QED) is 0.396. The van der Waals surface area contributed by atoms with Crippen molar-refractivity contribution < 1.29 is 43.4 Å². The van der Waals surface area contributed by atoms with E-state index < -0.39 is 42.0 Å². The van der Waals surface area contributed by atoms with Gasteiger partial charge in [0.1, 0.15) is 25.1 Å². The summed E-state index contributed by atoms with van der Waals surface area (Å²) in [7, 11) is 3.19. The molecule has 38 heavy (non-hydrogen) atoms. The van der Waals surface area contributed by atoms with Gasteiger partial charge in [0.05, 0.1) is 24.4 Å². The van der Waals surface area contributed by atoms with E-state index in [1.807, 2.05) is 13.8 Å². The second-order valence-corrected chi connectivity index (χ2v) is 11.8. The van der Waals surface area contributed by atoms with Crippen molar-refractivity contribution in [2.75, 3.05) is 21.0 Å². The Morgan fingerprint density at radius 2 is 1.89 bits per heavy atom. The lowest BCUT2D eigenvalue weighted by atomic mass is 9.72. The van der Waals surface area contributed by atoms with Gasteiger partial charge in [-0.1, -0.05) is 39.5 Å². The molecule has 0 amide bonds. The molecule has 0 bridgehead atoms. The van der Waals surface area contributed by atoms with Gasteiger partial charge < -0.3 is 48.7 Å². The van der Waals surface area contributed by atoms with E-state index in [2.05, 4.69) is 32.3 Å². The van der Waals surface area contributed by atoms with Crippen molar-refractivity contribution in [1.82, 2.24) is 5.32 Å². The zero-order valence-electron chi connectivity index (χ0n) is 23.7. The highest BCUT2D eigenvalue weighted by Gasteiger charge is 2.56. The molecule has 1 unspecified atom stereocenters. The predicted molar refractivity (Wildman–Crippen MR) is 139 cm³/mol. The monoisotopic (exact) mass is 541 g/mol. The summed E-state index contributed by atoms with van der Waals surface area (Å²) < 4.78 is 42.3. The first-order valence-corrected chi connectivity index (χ1v) is 13.7. The number of methoxy groups -OCH3 is 2.